The average Bonchev–Trinajstić information content (AvgIpc) is 2.46. The number of hydrogen-bond acceptors (Lipinski definition) is 3. The topological polar surface area (TPSA) is 79.9 Å². The van der Waals surface area contributed by atoms with Crippen LogP contribution in [-0.2, 0) is 6.54 Å². The minimum atomic E-state index is 0. The van der Waals surface area contributed by atoms with Crippen LogP contribution in [0.5, 0.6) is 11.5 Å². The zero-order valence-electron chi connectivity index (χ0n) is 12.5. The number of aliphatic imine (C=N–C) groups is 1. The molecule has 0 saturated carbocycles. The summed E-state index contributed by atoms with van der Waals surface area (Å²) in [5.74, 6) is 0.808. The molecular formula is C16H20IN3O2. The predicted octanol–water partition coefficient (Wildman–Crippen LogP) is 3.25. The fourth-order valence-corrected chi connectivity index (χ4v) is 1.94. The first-order valence-corrected chi connectivity index (χ1v) is 6.58. The van der Waals surface area contributed by atoms with Gasteiger partial charge in [-0.15, -0.1) is 24.0 Å². The summed E-state index contributed by atoms with van der Waals surface area (Å²) < 4.78 is 5.06. The van der Waals surface area contributed by atoms with Crippen LogP contribution < -0.4 is 15.8 Å². The number of aromatic hydroxyl groups is 1. The highest BCUT2D eigenvalue weighted by Gasteiger charge is 2.06. The van der Waals surface area contributed by atoms with Crippen molar-refractivity contribution < 1.29 is 9.84 Å². The van der Waals surface area contributed by atoms with Crippen molar-refractivity contribution >= 4 is 35.6 Å². The van der Waals surface area contributed by atoms with E-state index >= 15 is 0 Å². The number of benzene rings is 2. The van der Waals surface area contributed by atoms with Gasteiger partial charge < -0.3 is 20.9 Å². The van der Waals surface area contributed by atoms with Crippen LogP contribution in [-0.4, -0.2) is 18.2 Å². The Hall–Kier alpha value is -1.96. The molecule has 0 atom stereocenters. The van der Waals surface area contributed by atoms with Gasteiger partial charge in [0.25, 0.3) is 0 Å². The van der Waals surface area contributed by atoms with E-state index in [0.717, 1.165) is 11.3 Å². The van der Waals surface area contributed by atoms with Gasteiger partial charge in [0.15, 0.2) is 17.5 Å². The lowest BCUT2D eigenvalue weighted by atomic mass is 10.2. The molecule has 0 spiro atoms. The minimum Gasteiger partial charge on any atom is -0.504 e. The quantitative estimate of drug-likeness (QED) is 0.409. The van der Waals surface area contributed by atoms with Crippen molar-refractivity contribution in [3.05, 3.63) is 53.6 Å². The van der Waals surface area contributed by atoms with Gasteiger partial charge in [0, 0.05) is 11.3 Å². The maximum Gasteiger partial charge on any atom is 0.193 e. The van der Waals surface area contributed by atoms with Crippen LogP contribution in [0.4, 0.5) is 5.69 Å². The summed E-state index contributed by atoms with van der Waals surface area (Å²) in [6.07, 6.45) is 0. The summed E-state index contributed by atoms with van der Waals surface area (Å²) >= 11 is 0. The molecule has 0 amide bonds. The number of nitrogens with one attached hydrogen (secondary N) is 1. The van der Waals surface area contributed by atoms with Crippen LogP contribution >= 0.6 is 24.0 Å². The van der Waals surface area contributed by atoms with Gasteiger partial charge in [0.1, 0.15) is 0 Å². The maximum atomic E-state index is 9.97. The highest BCUT2D eigenvalue weighted by atomic mass is 127. The summed E-state index contributed by atoms with van der Waals surface area (Å²) in [7, 11) is 1.51. The second-order valence-electron chi connectivity index (χ2n) is 4.66. The molecule has 2 rings (SSSR count). The number of rotatable bonds is 4. The van der Waals surface area contributed by atoms with Crippen molar-refractivity contribution in [1.82, 2.24) is 0 Å². The molecule has 0 fully saturated rings. The van der Waals surface area contributed by atoms with Crippen molar-refractivity contribution in [2.24, 2.45) is 10.7 Å². The second-order valence-corrected chi connectivity index (χ2v) is 4.66. The summed E-state index contributed by atoms with van der Waals surface area (Å²) in [5, 5.41) is 13.0. The van der Waals surface area contributed by atoms with E-state index < -0.39 is 0 Å². The third-order valence-corrected chi connectivity index (χ3v) is 3.01. The molecule has 2 aromatic rings. The molecule has 5 nitrogen and oxygen atoms in total. The minimum absolute atomic E-state index is 0. The number of phenolic OH excluding ortho intramolecular Hbond substituents is 1. The van der Waals surface area contributed by atoms with Gasteiger partial charge in [-0.1, -0.05) is 24.3 Å². The van der Waals surface area contributed by atoms with E-state index in [1.807, 2.05) is 31.2 Å². The monoisotopic (exact) mass is 413 g/mol. The third-order valence-electron chi connectivity index (χ3n) is 3.01. The van der Waals surface area contributed by atoms with E-state index in [9.17, 15) is 5.11 Å². The standard InChI is InChI=1S/C16H19N3O2.HI/c1-11-5-3-7-13(9-11)19-16(17)18-10-12-6-4-8-14(21-2)15(12)20;/h3-9,20H,10H2,1-2H3,(H3,17,18,19);1H. The fourth-order valence-electron chi connectivity index (χ4n) is 1.94. The Kier molecular flexibility index (Phi) is 6.97. The van der Waals surface area contributed by atoms with E-state index in [1.54, 1.807) is 18.2 Å². The number of aryl methyl sites for hydroxylation is 1. The first-order chi connectivity index (χ1) is 10.1. The van der Waals surface area contributed by atoms with Crippen molar-refractivity contribution in [1.29, 1.82) is 0 Å². The van der Waals surface area contributed by atoms with Crippen molar-refractivity contribution in [3.63, 3.8) is 0 Å². The van der Waals surface area contributed by atoms with Gasteiger partial charge in [-0.3, -0.25) is 0 Å². The molecule has 0 aromatic heterocycles. The first kappa shape index (κ1) is 18.1. The predicted molar refractivity (Wildman–Crippen MR) is 100 cm³/mol. The summed E-state index contributed by atoms with van der Waals surface area (Å²) in [5.41, 5.74) is 8.52. The van der Waals surface area contributed by atoms with Crippen molar-refractivity contribution in [2.75, 3.05) is 12.4 Å². The van der Waals surface area contributed by atoms with Crippen molar-refractivity contribution in [2.45, 2.75) is 13.5 Å². The molecule has 0 heterocycles. The average molecular weight is 413 g/mol. The maximum absolute atomic E-state index is 9.97. The number of para-hydroxylation sites is 1. The highest BCUT2D eigenvalue weighted by Crippen LogP contribution is 2.29. The molecule has 0 saturated heterocycles. The Labute approximate surface area is 147 Å². The number of nitrogens with zero attached hydrogens (tertiary/aromatic N) is 1. The van der Waals surface area contributed by atoms with Crippen LogP contribution in [0.25, 0.3) is 0 Å². The summed E-state index contributed by atoms with van der Waals surface area (Å²) in [4.78, 5) is 4.22. The van der Waals surface area contributed by atoms with E-state index in [4.69, 9.17) is 10.5 Å². The van der Waals surface area contributed by atoms with Gasteiger partial charge in [-0.05, 0) is 30.7 Å². The molecule has 118 valence electrons. The number of anilines is 1. The fraction of sp³-hybridized carbons (Fsp3) is 0.188. The largest absolute Gasteiger partial charge is 0.504 e. The van der Waals surface area contributed by atoms with Crippen LogP contribution in [0.3, 0.4) is 0 Å². The number of nitrogens with two attached hydrogens (primary N) is 1. The second kappa shape index (κ2) is 8.47. The molecule has 0 radical (unpaired) electrons. The van der Waals surface area contributed by atoms with E-state index in [2.05, 4.69) is 10.3 Å². The van der Waals surface area contributed by atoms with Crippen LogP contribution in [0.2, 0.25) is 0 Å². The molecule has 0 aliphatic carbocycles. The van der Waals surface area contributed by atoms with Crippen LogP contribution in [0.15, 0.2) is 47.5 Å². The Bertz CT molecular complexity index is 660. The van der Waals surface area contributed by atoms with Crippen molar-refractivity contribution in [3.8, 4) is 11.5 Å². The summed E-state index contributed by atoms with van der Waals surface area (Å²) in [6, 6.07) is 13.1. The van der Waals surface area contributed by atoms with Gasteiger partial charge in [-0.25, -0.2) is 4.99 Å². The Morgan fingerprint density at radius 3 is 2.68 bits per heavy atom. The first-order valence-electron chi connectivity index (χ1n) is 6.58. The molecular weight excluding hydrogens is 393 g/mol. The Morgan fingerprint density at radius 2 is 2.00 bits per heavy atom. The van der Waals surface area contributed by atoms with E-state index in [1.165, 1.54) is 7.11 Å². The van der Waals surface area contributed by atoms with Gasteiger partial charge in [0.05, 0.1) is 13.7 Å². The highest BCUT2D eigenvalue weighted by molar-refractivity contribution is 14.0. The van der Waals surface area contributed by atoms with E-state index in [0.29, 0.717) is 17.3 Å². The molecule has 0 aliphatic rings. The van der Waals surface area contributed by atoms with Gasteiger partial charge in [-0.2, -0.15) is 0 Å². The number of ether oxygens (including phenoxy) is 1. The lowest BCUT2D eigenvalue weighted by Crippen LogP contribution is -2.22. The van der Waals surface area contributed by atoms with Gasteiger partial charge in [0.2, 0.25) is 0 Å². The Morgan fingerprint density at radius 1 is 1.27 bits per heavy atom. The van der Waals surface area contributed by atoms with Crippen LogP contribution in [0.1, 0.15) is 11.1 Å². The Balaban J connectivity index is 0.00000242. The number of halogens is 1. The van der Waals surface area contributed by atoms with E-state index in [-0.39, 0.29) is 36.3 Å². The zero-order chi connectivity index (χ0) is 15.2. The van der Waals surface area contributed by atoms with Gasteiger partial charge >= 0.3 is 0 Å². The third kappa shape index (κ3) is 4.80. The summed E-state index contributed by atoms with van der Waals surface area (Å²) in [6.45, 7) is 2.28. The molecule has 2 aromatic carbocycles. The number of methoxy groups -OCH3 is 1. The number of phenols is 1. The number of guanidine groups is 1. The smallest absolute Gasteiger partial charge is 0.193 e. The molecule has 0 aliphatic heterocycles. The molecule has 6 heteroatoms. The molecule has 0 bridgehead atoms. The van der Waals surface area contributed by atoms with Crippen LogP contribution in [0, 0.1) is 6.92 Å². The lowest BCUT2D eigenvalue weighted by molar-refractivity contribution is 0.370. The lowest BCUT2D eigenvalue weighted by Gasteiger charge is -2.08. The number of hydrogen-bond donors (Lipinski definition) is 3. The molecule has 0 unspecified atom stereocenters. The normalized spacial score (nSPS) is 10.7. The molecule has 4 N–H and O–H groups in total. The zero-order valence-corrected chi connectivity index (χ0v) is 14.9. The SMILES string of the molecule is COc1cccc(CN=C(N)Nc2cccc(C)c2)c1O.I. The molecule has 22 heavy (non-hydrogen) atoms.